The summed E-state index contributed by atoms with van der Waals surface area (Å²) < 4.78 is 0. The molecule has 1 N–H and O–H groups in total. The molecule has 1 nitrogen and oxygen atoms in total. The number of phenols is 1. The van der Waals surface area contributed by atoms with Crippen LogP contribution in [0.25, 0.3) is 0 Å². The van der Waals surface area contributed by atoms with E-state index in [9.17, 15) is 5.11 Å². The maximum atomic E-state index is 10.1. The Kier molecular flexibility index (Phi) is 13.5. The first-order valence-electron chi connectivity index (χ1n) is 11.1. The van der Waals surface area contributed by atoms with Crippen LogP contribution in [-0.2, 0) is 12.8 Å². The van der Waals surface area contributed by atoms with E-state index in [2.05, 4.69) is 19.9 Å². The van der Waals surface area contributed by atoms with Crippen LogP contribution < -0.4 is 0 Å². The zero-order chi connectivity index (χ0) is 18.2. The number of phenolic OH excluding ortho intramolecular Hbond substituents is 1. The van der Waals surface area contributed by atoms with Gasteiger partial charge in [0.1, 0.15) is 5.75 Å². The Labute approximate surface area is 157 Å². The second kappa shape index (κ2) is 15.3. The number of benzene rings is 1. The van der Waals surface area contributed by atoms with Crippen molar-refractivity contribution >= 4 is 0 Å². The van der Waals surface area contributed by atoms with Crippen molar-refractivity contribution in [3.8, 4) is 5.75 Å². The minimum Gasteiger partial charge on any atom is -0.508 e. The van der Waals surface area contributed by atoms with Gasteiger partial charge in [-0.15, -0.1) is 0 Å². The van der Waals surface area contributed by atoms with E-state index in [0.29, 0.717) is 5.75 Å². The SMILES string of the molecule is CCCCCCCCCCCCCCc1cccc(O)c1CCCC. The highest BCUT2D eigenvalue weighted by Gasteiger charge is 2.07. The van der Waals surface area contributed by atoms with Gasteiger partial charge in [0.2, 0.25) is 0 Å². The summed E-state index contributed by atoms with van der Waals surface area (Å²) in [6.45, 7) is 4.50. The molecule has 0 spiro atoms. The first kappa shape index (κ1) is 22.1. The van der Waals surface area contributed by atoms with Crippen molar-refractivity contribution < 1.29 is 5.11 Å². The van der Waals surface area contributed by atoms with Gasteiger partial charge < -0.3 is 5.11 Å². The highest BCUT2D eigenvalue weighted by molar-refractivity contribution is 5.39. The lowest BCUT2D eigenvalue weighted by atomic mass is 9.96. The minimum absolute atomic E-state index is 0.505. The predicted octanol–water partition coefficient (Wildman–Crippen LogP) is 7.98. The van der Waals surface area contributed by atoms with E-state index in [4.69, 9.17) is 0 Å². The van der Waals surface area contributed by atoms with Crippen LogP contribution in [0.4, 0.5) is 0 Å². The molecule has 1 aromatic carbocycles. The molecule has 25 heavy (non-hydrogen) atoms. The molecule has 0 aliphatic heterocycles. The molecule has 0 aromatic heterocycles. The highest BCUT2D eigenvalue weighted by atomic mass is 16.3. The molecule has 0 fully saturated rings. The molecule has 144 valence electrons. The van der Waals surface area contributed by atoms with Gasteiger partial charge in [0.15, 0.2) is 0 Å². The predicted molar refractivity (Wildman–Crippen MR) is 112 cm³/mol. The van der Waals surface area contributed by atoms with Gasteiger partial charge >= 0.3 is 0 Å². The van der Waals surface area contributed by atoms with Crippen molar-refractivity contribution in [1.82, 2.24) is 0 Å². The van der Waals surface area contributed by atoms with Crippen LogP contribution in [0.15, 0.2) is 18.2 Å². The third-order valence-electron chi connectivity index (χ3n) is 5.33. The Morgan fingerprint density at radius 1 is 0.600 bits per heavy atom. The Balaban J connectivity index is 2.05. The van der Waals surface area contributed by atoms with Gasteiger partial charge in [-0.25, -0.2) is 0 Å². The Morgan fingerprint density at radius 3 is 1.68 bits per heavy atom. The lowest BCUT2D eigenvalue weighted by Crippen LogP contribution is -1.96. The standard InChI is InChI=1S/C24H42O/c1-3-5-7-8-9-10-11-12-13-14-15-16-18-22-19-17-21-24(25)23(22)20-6-4-2/h17,19,21,25H,3-16,18,20H2,1-2H3. The van der Waals surface area contributed by atoms with Crippen LogP contribution in [0.5, 0.6) is 5.75 Å². The molecular formula is C24H42O. The largest absolute Gasteiger partial charge is 0.508 e. The summed E-state index contributed by atoms with van der Waals surface area (Å²) in [6.07, 6.45) is 21.3. The van der Waals surface area contributed by atoms with Crippen molar-refractivity contribution in [2.75, 3.05) is 0 Å². The van der Waals surface area contributed by atoms with Crippen LogP contribution in [0.1, 0.15) is 115 Å². The maximum absolute atomic E-state index is 10.1. The quantitative estimate of drug-likeness (QED) is 0.301. The molecule has 1 heteroatoms. The van der Waals surface area contributed by atoms with Crippen molar-refractivity contribution in [2.45, 2.75) is 117 Å². The third kappa shape index (κ3) is 10.6. The molecule has 0 unspecified atom stereocenters. The Bertz CT molecular complexity index is 424. The molecular weight excluding hydrogens is 304 g/mol. The number of hydrogen-bond acceptors (Lipinski definition) is 1. The van der Waals surface area contributed by atoms with E-state index >= 15 is 0 Å². The van der Waals surface area contributed by atoms with Gasteiger partial charge in [0, 0.05) is 0 Å². The lowest BCUT2D eigenvalue weighted by Gasteiger charge is -2.11. The van der Waals surface area contributed by atoms with Crippen molar-refractivity contribution in [2.24, 2.45) is 0 Å². The average molecular weight is 347 g/mol. The number of unbranched alkanes of at least 4 members (excludes halogenated alkanes) is 12. The summed E-state index contributed by atoms with van der Waals surface area (Å²) in [6, 6.07) is 6.06. The average Bonchev–Trinajstić information content (AvgIpc) is 2.62. The van der Waals surface area contributed by atoms with E-state index in [1.165, 1.54) is 101 Å². The summed E-state index contributed by atoms with van der Waals surface area (Å²) in [7, 11) is 0. The van der Waals surface area contributed by atoms with E-state index in [-0.39, 0.29) is 0 Å². The molecule has 0 aliphatic rings. The van der Waals surface area contributed by atoms with Crippen LogP contribution in [0.3, 0.4) is 0 Å². The summed E-state index contributed by atoms with van der Waals surface area (Å²) in [5.74, 6) is 0.505. The second-order valence-corrected chi connectivity index (χ2v) is 7.66. The van der Waals surface area contributed by atoms with Gasteiger partial charge in [0.25, 0.3) is 0 Å². The smallest absolute Gasteiger partial charge is 0.119 e. The monoisotopic (exact) mass is 346 g/mol. The van der Waals surface area contributed by atoms with Crippen molar-refractivity contribution in [1.29, 1.82) is 0 Å². The maximum Gasteiger partial charge on any atom is 0.119 e. The van der Waals surface area contributed by atoms with E-state index in [1.807, 2.05) is 12.1 Å². The van der Waals surface area contributed by atoms with Crippen LogP contribution in [-0.4, -0.2) is 5.11 Å². The fraction of sp³-hybridized carbons (Fsp3) is 0.750. The molecule has 0 amide bonds. The molecule has 0 bridgehead atoms. The molecule has 0 saturated carbocycles. The molecule has 0 heterocycles. The van der Waals surface area contributed by atoms with Crippen LogP contribution in [0.2, 0.25) is 0 Å². The molecule has 0 saturated heterocycles. The molecule has 1 rings (SSSR count). The Hall–Kier alpha value is -0.980. The van der Waals surface area contributed by atoms with Crippen molar-refractivity contribution in [3.05, 3.63) is 29.3 Å². The molecule has 0 radical (unpaired) electrons. The normalized spacial score (nSPS) is 11.1. The first-order chi connectivity index (χ1) is 12.3. The highest BCUT2D eigenvalue weighted by Crippen LogP contribution is 2.25. The zero-order valence-electron chi connectivity index (χ0n) is 17.0. The van der Waals surface area contributed by atoms with Gasteiger partial charge in [-0.05, 0) is 42.9 Å². The van der Waals surface area contributed by atoms with E-state index < -0.39 is 0 Å². The summed E-state index contributed by atoms with van der Waals surface area (Å²) in [5, 5.41) is 10.1. The number of rotatable bonds is 16. The van der Waals surface area contributed by atoms with Gasteiger partial charge in [0.05, 0.1) is 0 Å². The van der Waals surface area contributed by atoms with Crippen LogP contribution >= 0.6 is 0 Å². The number of aryl methyl sites for hydroxylation is 1. The number of hydrogen-bond donors (Lipinski definition) is 1. The van der Waals surface area contributed by atoms with E-state index in [0.717, 1.165) is 12.8 Å². The fourth-order valence-corrected chi connectivity index (χ4v) is 3.65. The van der Waals surface area contributed by atoms with Gasteiger partial charge in [-0.1, -0.05) is 103 Å². The molecule has 1 aromatic rings. The van der Waals surface area contributed by atoms with Gasteiger partial charge in [-0.3, -0.25) is 0 Å². The first-order valence-corrected chi connectivity index (χ1v) is 11.1. The third-order valence-corrected chi connectivity index (χ3v) is 5.33. The van der Waals surface area contributed by atoms with Crippen LogP contribution in [0, 0.1) is 0 Å². The lowest BCUT2D eigenvalue weighted by molar-refractivity contribution is 0.465. The summed E-state index contributed by atoms with van der Waals surface area (Å²) in [4.78, 5) is 0. The zero-order valence-corrected chi connectivity index (χ0v) is 17.0. The van der Waals surface area contributed by atoms with Gasteiger partial charge in [-0.2, -0.15) is 0 Å². The molecule has 0 atom stereocenters. The fourth-order valence-electron chi connectivity index (χ4n) is 3.65. The minimum atomic E-state index is 0.505. The summed E-state index contributed by atoms with van der Waals surface area (Å²) >= 11 is 0. The second-order valence-electron chi connectivity index (χ2n) is 7.66. The summed E-state index contributed by atoms with van der Waals surface area (Å²) in [5.41, 5.74) is 2.58. The van der Waals surface area contributed by atoms with E-state index in [1.54, 1.807) is 0 Å². The molecule has 0 aliphatic carbocycles. The topological polar surface area (TPSA) is 20.2 Å². The Morgan fingerprint density at radius 2 is 1.12 bits per heavy atom. The van der Waals surface area contributed by atoms with Crippen molar-refractivity contribution in [3.63, 3.8) is 0 Å². The number of aromatic hydroxyl groups is 1.